The predicted octanol–water partition coefficient (Wildman–Crippen LogP) is 2.71. The fraction of sp³-hybridized carbons (Fsp3) is 0.588. The van der Waals surface area contributed by atoms with Crippen LogP contribution in [0.2, 0.25) is 0 Å². The zero-order valence-corrected chi connectivity index (χ0v) is 15.1. The Morgan fingerprint density at radius 1 is 1.35 bits per heavy atom. The van der Waals surface area contributed by atoms with Gasteiger partial charge in [-0.15, -0.1) is 0 Å². The number of carbonyl (C=O) groups is 1. The van der Waals surface area contributed by atoms with Crippen molar-refractivity contribution in [3.63, 3.8) is 0 Å². The lowest BCUT2D eigenvalue weighted by Crippen LogP contribution is -2.50. The molecule has 1 aromatic rings. The molecule has 2 aliphatic rings. The molecule has 3 N–H and O–H groups in total. The van der Waals surface area contributed by atoms with Crippen LogP contribution in [0.3, 0.4) is 0 Å². The lowest BCUT2D eigenvalue weighted by atomic mass is 9.74. The highest BCUT2D eigenvalue weighted by molar-refractivity contribution is 14.1. The fourth-order valence-electron chi connectivity index (χ4n) is 3.56. The van der Waals surface area contributed by atoms with Crippen molar-refractivity contribution in [3.8, 4) is 5.75 Å². The molecule has 0 unspecified atom stereocenters. The number of aliphatic carboxylic acids is 1. The second kappa shape index (κ2) is 6.94. The molecule has 1 heterocycles. The molecule has 1 aromatic carbocycles. The van der Waals surface area contributed by atoms with Crippen molar-refractivity contribution in [2.75, 3.05) is 13.2 Å². The molecule has 0 radical (unpaired) electrons. The summed E-state index contributed by atoms with van der Waals surface area (Å²) in [6, 6.07) is 5.45. The number of benzene rings is 1. The summed E-state index contributed by atoms with van der Waals surface area (Å²) >= 11 is 2.21. The van der Waals surface area contributed by atoms with E-state index in [0.29, 0.717) is 31.7 Å². The van der Waals surface area contributed by atoms with Crippen molar-refractivity contribution < 1.29 is 19.7 Å². The lowest BCUT2D eigenvalue weighted by molar-refractivity contribution is -0.151. The SMILES string of the molecule is O=C(O)C1(CN[C@@H]2COc3cc(I)ccc3[C@@H]2O)CCCCC1. The van der Waals surface area contributed by atoms with Crippen LogP contribution in [0.25, 0.3) is 0 Å². The molecule has 6 heteroatoms. The van der Waals surface area contributed by atoms with Crippen LogP contribution in [0.15, 0.2) is 18.2 Å². The highest BCUT2D eigenvalue weighted by Crippen LogP contribution is 2.37. The van der Waals surface area contributed by atoms with Crippen molar-refractivity contribution in [2.45, 2.75) is 44.2 Å². The summed E-state index contributed by atoms with van der Waals surface area (Å²) in [5.74, 6) is -0.0149. The van der Waals surface area contributed by atoms with Gasteiger partial charge in [0.1, 0.15) is 18.5 Å². The summed E-state index contributed by atoms with van der Waals surface area (Å²) in [4.78, 5) is 11.7. The Labute approximate surface area is 149 Å². The zero-order valence-electron chi connectivity index (χ0n) is 12.9. The van der Waals surface area contributed by atoms with E-state index < -0.39 is 17.5 Å². The Bertz CT molecular complexity index is 586. The maximum Gasteiger partial charge on any atom is 0.310 e. The number of rotatable bonds is 4. The summed E-state index contributed by atoms with van der Waals surface area (Å²) < 4.78 is 6.81. The largest absolute Gasteiger partial charge is 0.491 e. The first-order valence-corrected chi connectivity index (χ1v) is 9.17. The number of aliphatic hydroxyl groups is 1. The van der Waals surface area contributed by atoms with Gasteiger partial charge in [0, 0.05) is 15.7 Å². The van der Waals surface area contributed by atoms with Crippen LogP contribution in [0.5, 0.6) is 5.75 Å². The average Bonchev–Trinajstić information content (AvgIpc) is 2.55. The molecule has 2 atom stereocenters. The van der Waals surface area contributed by atoms with Gasteiger partial charge in [-0.3, -0.25) is 4.79 Å². The summed E-state index contributed by atoms with van der Waals surface area (Å²) in [6.07, 6.45) is 3.75. The van der Waals surface area contributed by atoms with E-state index in [1.807, 2.05) is 18.2 Å². The van der Waals surface area contributed by atoms with Gasteiger partial charge in [0.25, 0.3) is 0 Å². The third-order valence-corrected chi connectivity index (χ3v) is 5.73. The standard InChI is InChI=1S/C17H22INO4/c18-11-4-5-12-14(8-11)23-9-13(15(12)20)19-10-17(16(21)22)6-2-1-3-7-17/h4-5,8,13,15,19-20H,1-3,6-7,9-10H2,(H,21,22)/t13-,15+/m1/s1. The van der Waals surface area contributed by atoms with Gasteiger partial charge in [-0.25, -0.2) is 0 Å². The molecular formula is C17H22INO4. The van der Waals surface area contributed by atoms with Gasteiger partial charge in [-0.1, -0.05) is 25.3 Å². The summed E-state index contributed by atoms with van der Waals surface area (Å²) in [5, 5.41) is 23.5. The third kappa shape index (κ3) is 3.49. The first-order chi connectivity index (χ1) is 11.0. The number of nitrogens with one attached hydrogen (secondary N) is 1. The fourth-order valence-corrected chi connectivity index (χ4v) is 4.02. The van der Waals surface area contributed by atoms with Crippen LogP contribution in [0.1, 0.15) is 43.8 Å². The summed E-state index contributed by atoms with van der Waals surface area (Å²) in [6.45, 7) is 0.733. The Kier molecular flexibility index (Phi) is 5.13. The van der Waals surface area contributed by atoms with Crippen molar-refractivity contribution in [1.29, 1.82) is 0 Å². The third-order valence-electron chi connectivity index (χ3n) is 5.06. The van der Waals surface area contributed by atoms with E-state index in [9.17, 15) is 15.0 Å². The first-order valence-electron chi connectivity index (χ1n) is 8.09. The van der Waals surface area contributed by atoms with E-state index in [0.717, 1.165) is 28.4 Å². The van der Waals surface area contributed by atoms with E-state index in [4.69, 9.17) is 4.74 Å². The molecule has 1 aliphatic heterocycles. The molecule has 1 saturated carbocycles. The predicted molar refractivity (Wildman–Crippen MR) is 94.6 cm³/mol. The number of halogens is 1. The average molecular weight is 431 g/mol. The highest BCUT2D eigenvalue weighted by Gasteiger charge is 2.41. The normalized spacial score (nSPS) is 26.2. The van der Waals surface area contributed by atoms with Crippen molar-refractivity contribution >= 4 is 28.6 Å². The van der Waals surface area contributed by atoms with Crippen LogP contribution < -0.4 is 10.1 Å². The van der Waals surface area contributed by atoms with Crippen LogP contribution in [-0.4, -0.2) is 35.4 Å². The van der Waals surface area contributed by atoms with Gasteiger partial charge < -0.3 is 20.3 Å². The van der Waals surface area contributed by atoms with Gasteiger partial charge in [0.2, 0.25) is 0 Å². The van der Waals surface area contributed by atoms with Crippen LogP contribution >= 0.6 is 22.6 Å². The monoisotopic (exact) mass is 431 g/mol. The Morgan fingerprint density at radius 3 is 2.78 bits per heavy atom. The first kappa shape index (κ1) is 17.0. The molecule has 5 nitrogen and oxygen atoms in total. The number of fused-ring (bicyclic) bond motifs is 1. The van der Waals surface area contributed by atoms with E-state index in [2.05, 4.69) is 27.9 Å². The van der Waals surface area contributed by atoms with Crippen molar-refractivity contribution in [1.82, 2.24) is 5.32 Å². The van der Waals surface area contributed by atoms with Gasteiger partial charge in [0.15, 0.2) is 0 Å². The number of aliphatic hydroxyl groups excluding tert-OH is 1. The maximum atomic E-state index is 11.7. The minimum Gasteiger partial charge on any atom is -0.491 e. The van der Waals surface area contributed by atoms with Crippen molar-refractivity contribution in [3.05, 3.63) is 27.3 Å². The van der Waals surface area contributed by atoms with E-state index in [1.165, 1.54) is 0 Å². The molecule has 1 fully saturated rings. The Balaban J connectivity index is 1.69. The van der Waals surface area contributed by atoms with E-state index >= 15 is 0 Å². The Hall–Kier alpha value is -0.860. The Morgan fingerprint density at radius 2 is 2.09 bits per heavy atom. The number of ether oxygens (including phenoxy) is 1. The van der Waals surface area contributed by atoms with Crippen LogP contribution in [0, 0.1) is 8.99 Å². The topological polar surface area (TPSA) is 78.8 Å². The highest BCUT2D eigenvalue weighted by atomic mass is 127. The number of hydrogen-bond donors (Lipinski definition) is 3. The molecule has 3 rings (SSSR count). The molecule has 0 bridgehead atoms. The lowest BCUT2D eigenvalue weighted by Gasteiger charge is -2.37. The van der Waals surface area contributed by atoms with Gasteiger partial charge in [0.05, 0.1) is 11.5 Å². The number of carboxylic acids is 1. The maximum absolute atomic E-state index is 11.7. The second-order valence-electron chi connectivity index (χ2n) is 6.57. The summed E-state index contributed by atoms with van der Waals surface area (Å²) in [7, 11) is 0. The number of hydrogen-bond acceptors (Lipinski definition) is 4. The molecule has 23 heavy (non-hydrogen) atoms. The minimum atomic E-state index is -0.731. The second-order valence-corrected chi connectivity index (χ2v) is 7.82. The molecule has 0 spiro atoms. The molecule has 0 aromatic heterocycles. The van der Waals surface area contributed by atoms with Crippen LogP contribution in [-0.2, 0) is 4.79 Å². The van der Waals surface area contributed by atoms with E-state index in [1.54, 1.807) is 0 Å². The zero-order chi connectivity index (χ0) is 16.4. The summed E-state index contributed by atoms with van der Waals surface area (Å²) in [5.41, 5.74) is 0.0619. The molecule has 0 saturated heterocycles. The van der Waals surface area contributed by atoms with Gasteiger partial charge in [-0.05, 0) is 47.6 Å². The minimum absolute atomic E-state index is 0.277. The quantitative estimate of drug-likeness (QED) is 0.640. The van der Waals surface area contributed by atoms with Crippen molar-refractivity contribution in [2.24, 2.45) is 5.41 Å². The van der Waals surface area contributed by atoms with Crippen LogP contribution in [0.4, 0.5) is 0 Å². The van der Waals surface area contributed by atoms with E-state index in [-0.39, 0.29) is 6.04 Å². The van der Waals surface area contributed by atoms with Gasteiger partial charge >= 0.3 is 5.97 Å². The molecular weight excluding hydrogens is 409 g/mol. The smallest absolute Gasteiger partial charge is 0.310 e. The molecule has 0 amide bonds. The number of carboxylic acid groups (broad SMARTS) is 1. The molecule has 126 valence electrons. The van der Waals surface area contributed by atoms with Gasteiger partial charge in [-0.2, -0.15) is 0 Å². The molecule has 1 aliphatic carbocycles.